The maximum Gasteiger partial charge on any atom is 0.228 e. The van der Waals surface area contributed by atoms with E-state index in [9.17, 15) is 9.59 Å². The quantitative estimate of drug-likeness (QED) is 0.799. The summed E-state index contributed by atoms with van der Waals surface area (Å²) >= 11 is 0. The van der Waals surface area contributed by atoms with Crippen molar-refractivity contribution in [3.8, 4) is 11.5 Å². The predicted octanol–water partition coefficient (Wildman–Crippen LogP) is 2.09. The van der Waals surface area contributed by atoms with E-state index in [0.717, 1.165) is 5.56 Å². The Labute approximate surface area is 143 Å². The fourth-order valence-electron chi connectivity index (χ4n) is 3.27. The lowest BCUT2D eigenvalue weighted by atomic mass is 9.92. The maximum atomic E-state index is 12.7. The molecule has 1 aromatic carbocycles. The Hall–Kier alpha value is -2.24. The molecular weight excluding hydrogens is 308 g/mol. The number of rotatable bonds is 6. The second-order valence-corrected chi connectivity index (χ2v) is 5.90. The number of carbonyl (C=O) groups excluding carboxylic acids is 2. The molecule has 0 radical (unpaired) electrons. The summed E-state index contributed by atoms with van der Waals surface area (Å²) in [6, 6.07) is 5.30. The van der Waals surface area contributed by atoms with Crippen molar-refractivity contribution in [2.45, 2.75) is 26.3 Å². The van der Waals surface area contributed by atoms with Gasteiger partial charge in [-0.05, 0) is 31.5 Å². The lowest BCUT2D eigenvalue weighted by Crippen LogP contribution is -2.36. The van der Waals surface area contributed by atoms with Crippen LogP contribution in [0.2, 0.25) is 0 Å². The molecule has 2 rings (SSSR count). The van der Waals surface area contributed by atoms with Crippen LogP contribution in [0.4, 0.5) is 0 Å². The van der Waals surface area contributed by atoms with Gasteiger partial charge >= 0.3 is 0 Å². The SMILES string of the molecule is CCN(C)C(=O)[C@@H]1CC(=O)N(CC)[C@H]1c1ccc(OC)c(OC)c1. The van der Waals surface area contributed by atoms with Crippen molar-refractivity contribution >= 4 is 11.8 Å². The maximum absolute atomic E-state index is 12.7. The lowest BCUT2D eigenvalue weighted by Gasteiger charge is -2.29. The van der Waals surface area contributed by atoms with E-state index in [0.29, 0.717) is 24.6 Å². The van der Waals surface area contributed by atoms with E-state index in [-0.39, 0.29) is 30.2 Å². The van der Waals surface area contributed by atoms with Crippen LogP contribution in [0.25, 0.3) is 0 Å². The predicted molar refractivity (Wildman–Crippen MR) is 91.1 cm³/mol. The topological polar surface area (TPSA) is 59.1 Å². The van der Waals surface area contributed by atoms with E-state index >= 15 is 0 Å². The Kier molecular flexibility index (Phi) is 5.70. The molecule has 0 aromatic heterocycles. The third kappa shape index (κ3) is 3.18. The first-order valence-electron chi connectivity index (χ1n) is 8.24. The second-order valence-electron chi connectivity index (χ2n) is 5.90. The van der Waals surface area contributed by atoms with Crippen molar-refractivity contribution in [1.82, 2.24) is 9.80 Å². The zero-order chi connectivity index (χ0) is 17.9. The molecule has 0 aliphatic carbocycles. The van der Waals surface area contributed by atoms with Crippen LogP contribution in [0, 0.1) is 5.92 Å². The van der Waals surface area contributed by atoms with Crippen LogP contribution >= 0.6 is 0 Å². The molecular formula is C18H26N2O4. The summed E-state index contributed by atoms with van der Waals surface area (Å²) in [5, 5.41) is 0. The van der Waals surface area contributed by atoms with E-state index in [4.69, 9.17) is 9.47 Å². The number of carbonyl (C=O) groups is 2. The first-order chi connectivity index (χ1) is 11.5. The summed E-state index contributed by atoms with van der Waals surface area (Å²) in [6.07, 6.45) is 0.246. The van der Waals surface area contributed by atoms with Crippen LogP contribution in [0.3, 0.4) is 0 Å². The third-order valence-electron chi connectivity index (χ3n) is 4.69. The Morgan fingerprint density at radius 2 is 1.92 bits per heavy atom. The molecule has 6 nitrogen and oxygen atoms in total. The van der Waals surface area contributed by atoms with Gasteiger partial charge in [-0.2, -0.15) is 0 Å². The van der Waals surface area contributed by atoms with Gasteiger partial charge in [0.2, 0.25) is 11.8 Å². The number of ether oxygens (including phenoxy) is 2. The Morgan fingerprint density at radius 3 is 2.46 bits per heavy atom. The average Bonchev–Trinajstić information content (AvgIpc) is 2.95. The van der Waals surface area contributed by atoms with E-state index < -0.39 is 0 Å². The third-order valence-corrected chi connectivity index (χ3v) is 4.69. The first kappa shape index (κ1) is 18.1. The van der Waals surface area contributed by atoms with Crippen LogP contribution in [-0.2, 0) is 9.59 Å². The van der Waals surface area contributed by atoms with E-state index in [1.807, 2.05) is 32.0 Å². The molecule has 2 amide bonds. The van der Waals surface area contributed by atoms with Crippen LogP contribution in [-0.4, -0.2) is 56.0 Å². The summed E-state index contributed by atoms with van der Waals surface area (Å²) < 4.78 is 10.7. The summed E-state index contributed by atoms with van der Waals surface area (Å²) in [6.45, 7) is 5.05. The summed E-state index contributed by atoms with van der Waals surface area (Å²) in [7, 11) is 4.93. The van der Waals surface area contributed by atoms with E-state index in [1.165, 1.54) is 0 Å². The standard InChI is InChI=1S/C18H26N2O4/c1-6-19(3)18(22)13-11-16(21)20(7-2)17(13)12-8-9-14(23-4)15(10-12)24-5/h8-10,13,17H,6-7,11H2,1-5H3/t13-,17+/m1/s1. The van der Waals surface area contributed by atoms with Gasteiger partial charge in [0.25, 0.3) is 0 Å². The number of hydrogen-bond donors (Lipinski definition) is 0. The first-order valence-corrected chi connectivity index (χ1v) is 8.24. The molecule has 0 saturated carbocycles. The zero-order valence-electron chi connectivity index (χ0n) is 15.0. The minimum absolute atomic E-state index is 0.00147. The highest BCUT2D eigenvalue weighted by Crippen LogP contribution is 2.41. The van der Waals surface area contributed by atoms with Gasteiger partial charge in [-0.15, -0.1) is 0 Å². The highest BCUT2D eigenvalue weighted by atomic mass is 16.5. The molecule has 1 aliphatic heterocycles. The second kappa shape index (κ2) is 7.55. The molecule has 0 N–H and O–H groups in total. The van der Waals surface area contributed by atoms with Gasteiger partial charge in [0.1, 0.15) is 0 Å². The number of hydrogen-bond acceptors (Lipinski definition) is 4. The van der Waals surface area contributed by atoms with Gasteiger partial charge < -0.3 is 19.3 Å². The summed E-state index contributed by atoms with van der Waals surface area (Å²) in [5.74, 6) is 0.866. The fourth-order valence-corrected chi connectivity index (χ4v) is 3.27. The van der Waals surface area contributed by atoms with Crippen molar-refractivity contribution < 1.29 is 19.1 Å². The summed E-state index contributed by atoms with van der Waals surface area (Å²) in [4.78, 5) is 28.6. The van der Waals surface area contributed by atoms with Gasteiger partial charge in [-0.3, -0.25) is 9.59 Å². The number of amides is 2. The molecule has 1 aromatic rings. The van der Waals surface area contributed by atoms with Crippen molar-refractivity contribution in [2.75, 3.05) is 34.4 Å². The minimum Gasteiger partial charge on any atom is -0.493 e. The van der Waals surface area contributed by atoms with Crippen molar-refractivity contribution in [3.63, 3.8) is 0 Å². The number of methoxy groups -OCH3 is 2. The van der Waals surface area contributed by atoms with Gasteiger partial charge in [-0.25, -0.2) is 0 Å². The lowest BCUT2D eigenvalue weighted by molar-refractivity contribution is -0.135. The van der Waals surface area contributed by atoms with Crippen LogP contribution < -0.4 is 9.47 Å². The van der Waals surface area contributed by atoms with E-state index in [2.05, 4.69) is 0 Å². The zero-order valence-corrected chi connectivity index (χ0v) is 15.0. The van der Waals surface area contributed by atoms with Crippen LogP contribution in [0.5, 0.6) is 11.5 Å². The van der Waals surface area contributed by atoms with Gasteiger partial charge in [-0.1, -0.05) is 6.07 Å². The molecule has 1 aliphatic rings. The Morgan fingerprint density at radius 1 is 1.25 bits per heavy atom. The fraction of sp³-hybridized carbons (Fsp3) is 0.556. The van der Waals surface area contributed by atoms with Crippen LogP contribution in [0.15, 0.2) is 18.2 Å². The molecule has 6 heteroatoms. The molecule has 24 heavy (non-hydrogen) atoms. The van der Waals surface area contributed by atoms with Crippen molar-refractivity contribution in [2.24, 2.45) is 5.92 Å². The molecule has 0 spiro atoms. The number of nitrogens with zero attached hydrogens (tertiary/aromatic N) is 2. The summed E-state index contributed by atoms with van der Waals surface area (Å²) in [5.41, 5.74) is 0.892. The normalized spacial score (nSPS) is 20.2. The van der Waals surface area contributed by atoms with Gasteiger partial charge in [0, 0.05) is 26.6 Å². The Balaban J connectivity index is 2.45. The molecule has 132 valence electrons. The molecule has 0 bridgehead atoms. The average molecular weight is 334 g/mol. The monoisotopic (exact) mass is 334 g/mol. The van der Waals surface area contributed by atoms with Gasteiger partial charge in [0.05, 0.1) is 26.2 Å². The highest BCUT2D eigenvalue weighted by molar-refractivity contribution is 5.90. The molecule has 1 heterocycles. The van der Waals surface area contributed by atoms with E-state index in [1.54, 1.807) is 31.1 Å². The number of likely N-dealkylation sites (tertiary alicyclic amines) is 1. The molecule has 2 atom stereocenters. The molecule has 1 saturated heterocycles. The number of benzene rings is 1. The van der Waals surface area contributed by atoms with Crippen molar-refractivity contribution in [1.29, 1.82) is 0 Å². The van der Waals surface area contributed by atoms with Gasteiger partial charge in [0.15, 0.2) is 11.5 Å². The molecule has 0 unspecified atom stereocenters. The van der Waals surface area contributed by atoms with Crippen molar-refractivity contribution in [3.05, 3.63) is 23.8 Å². The van der Waals surface area contributed by atoms with Crippen LogP contribution in [0.1, 0.15) is 31.9 Å². The highest BCUT2D eigenvalue weighted by Gasteiger charge is 2.44. The minimum atomic E-state index is -0.375. The molecule has 1 fully saturated rings. The Bertz CT molecular complexity index is 617. The smallest absolute Gasteiger partial charge is 0.228 e. The largest absolute Gasteiger partial charge is 0.493 e.